The Labute approximate surface area is 91.7 Å². The molecule has 0 saturated carbocycles. The molecular weight excluding hydrogens is 215 g/mol. The molecular formula is C11H11FO4. The molecule has 1 rings (SSSR count). The maximum Gasteiger partial charge on any atom is 0.339 e. The van der Waals surface area contributed by atoms with Crippen molar-refractivity contribution in [1.29, 1.82) is 0 Å². The molecule has 4 nitrogen and oxygen atoms in total. The van der Waals surface area contributed by atoms with E-state index in [0.29, 0.717) is 6.42 Å². The molecule has 5 heteroatoms. The fraction of sp³-hybridized carbons (Fsp3) is 0.273. The number of carboxylic acids is 1. The van der Waals surface area contributed by atoms with Crippen molar-refractivity contribution in [1.82, 2.24) is 0 Å². The Balaban J connectivity index is 3.01. The molecule has 0 aromatic heterocycles. The second kappa shape index (κ2) is 5.25. The molecule has 0 aliphatic rings. The number of hydrogen-bond acceptors (Lipinski definition) is 3. The molecule has 0 radical (unpaired) electrons. The number of rotatable bonds is 4. The lowest BCUT2D eigenvalue weighted by molar-refractivity contribution is -0.134. The van der Waals surface area contributed by atoms with Crippen LogP contribution in [0.5, 0.6) is 5.75 Å². The van der Waals surface area contributed by atoms with Gasteiger partial charge in [0, 0.05) is 6.42 Å². The van der Waals surface area contributed by atoms with Crippen molar-refractivity contribution in [2.45, 2.75) is 19.8 Å². The van der Waals surface area contributed by atoms with E-state index in [9.17, 15) is 14.0 Å². The van der Waals surface area contributed by atoms with Crippen molar-refractivity contribution in [2.24, 2.45) is 0 Å². The lowest BCUT2D eigenvalue weighted by atomic mass is 10.2. The van der Waals surface area contributed by atoms with Gasteiger partial charge in [0.25, 0.3) is 0 Å². The van der Waals surface area contributed by atoms with Gasteiger partial charge in [0.15, 0.2) is 11.6 Å². The third kappa shape index (κ3) is 2.79. The van der Waals surface area contributed by atoms with E-state index in [2.05, 4.69) is 4.74 Å². The van der Waals surface area contributed by atoms with E-state index in [1.807, 2.05) is 0 Å². The quantitative estimate of drug-likeness (QED) is 0.631. The highest BCUT2D eigenvalue weighted by Gasteiger charge is 2.18. The van der Waals surface area contributed by atoms with Crippen LogP contribution < -0.4 is 4.74 Å². The van der Waals surface area contributed by atoms with Crippen LogP contribution in [-0.2, 0) is 4.79 Å². The van der Waals surface area contributed by atoms with Gasteiger partial charge in [0.1, 0.15) is 5.56 Å². The van der Waals surface area contributed by atoms with Crippen LogP contribution in [0.1, 0.15) is 30.1 Å². The zero-order chi connectivity index (χ0) is 12.1. The van der Waals surface area contributed by atoms with Gasteiger partial charge in [-0.05, 0) is 18.6 Å². The van der Waals surface area contributed by atoms with Gasteiger partial charge in [0.2, 0.25) is 0 Å². The van der Waals surface area contributed by atoms with E-state index in [1.165, 1.54) is 12.1 Å². The highest BCUT2D eigenvalue weighted by atomic mass is 19.1. The summed E-state index contributed by atoms with van der Waals surface area (Å²) in [6.45, 7) is 1.76. The minimum Gasteiger partial charge on any atom is -0.478 e. The largest absolute Gasteiger partial charge is 0.478 e. The first-order valence-electron chi connectivity index (χ1n) is 4.78. The highest BCUT2D eigenvalue weighted by Crippen LogP contribution is 2.23. The Kier molecular flexibility index (Phi) is 3.99. The molecule has 16 heavy (non-hydrogen) atoms. The topological polar surface area (TPSA) is 63.6 Å². The van der Waals surface area contributed by atoms with Gasteiger partial charge in [-0.3, -0.25) is 4.79 Å². The van der Waals surface area contributed by atoms with Crippen molar-refractivity contribution in [3.63, 3.8) is 0 Å². The van der Waals surface area contributed by atoms with Crippen molar-refractivity contribution >= 4 is 11.9 Å². The summed E-state index contributed by atoms with van der Waals surface area (Å²) in [5, 5.41) is 8.77. The molecule has 0 bridgehead atoms. The number of aromatic carboxylic acids is 1. The summed E-state index contributed by atoms with van der Waals surface area (Å²) in [7, 11) is 0. The average Bonchev–Trinajstić information content (AvgIpc) is 2.21. The molecule has 0 heterocycles. The van der Waals surface area contributed by atoms with Gasteiger partial charge in [-0.1, -0.05) is 13.0 Å². The predicted octanol–water partition coefficient (Wildman–Crippen LogP) is 2.23. The Morgan fingerprint density at radius 1 is 1.44 bits per heavy atom. The zero-order valence-electron chi connectivity index (χ0n) is 8.70. The number of ether oxygens (including phenoxy) is 1. The van der Waals surface area contributed by atoms with Crippen LogP contribution in [0.15, 0.2) is 18.2 Å². The number of carboxylic acid groups (broad SMARTS) is 1. The number of carbonyl (C=O) groups excluding carboxylic acids is 1. The van der Waals surface area contributed by atoms with Crippen molar-refractivity contribution < 1.29 is 23.8 Å². The molecule has 0 aliphatic carbocycles. The molecule has 0 spiro atoms. The fourth-order valence-electron chi connectivity index (χ4n) is 1.15. The first-order valence-corrected chi connectivity index (χ1v) is 4.78. The summed E-state index contributed by atoms with van der Waals surface area (Å²) >= 11 is 0. The van der Waals surface area contributed by atoms with E-state index in [0.717, 1.165) is 6.07 Å². The molecule has 1 aromatic carbocycles. The highest BCUT2D eigenvalue weighted by molar-refractivity contribution is 5.92. The van der Waals surface area contributed by atoms with E-state index in [4.69, 9.17) is 5.11 Å². The smallest absolute Gasteiger partial charge is 0.339 e. The minimum absolute atomic E-state index is 0.118. The van der Waals surface area contributed by atoms with Crippen LogP contribution in [0, 0.1) is 5.82 Å². The number of benzene rings is 1. The number of hydrogen-bond donors (Lipinski definition) is 1. The molecule has 86 valence electrons. The second-order valence-corrected chi connectivity index (χ2v) is 3.15. The molecule has 0 fully saturated rings. The van der Waals surface area contributed by atoms with Crippen molar-refractivity contribution in [2.75, 3.05) is 0 Å². The van der Waals surface area contributed by atoms with Crippen molar-refractivity contribution in [3.05, 3.63) is 29.6 Å². The lowest BCUT2D eigenvalue weighted by Gasteiger charge is -2.07. The number of para-hydroxylation sites is 1. The van der Waals surface area contributed by atoms with Crippen molar-refractivity contribution in [3.8, 4) is 5.75 Å². The number of esters is 1. The molecule has 0 atom stereocenters. The van der Waals surface area contributed by atoms with Crippen LogP contribution in [0.4, 0.5) is 4.39 Å². The monoisotopic (exact) mass is 226 g/mol. The van der Waals surface area contributed by atoms with Gasteiger partial charge < -0.3 is 9.84 Å². The summed E-state index contributed by atoms with van der Waals surface area (Å²) in [4.78, 5) is 21.9. The van der Waals surface area contributed by atoms with Gasteiger partial charge in [-0.15, -0.1) is 0 Å². The molecule has 1 aromatic rings. The maximum atomic E-state index is 13.3. The second-order valence-electron chi connectivity index (χ2n) is 3.15. The predicted molar refractivity (Wildman–Crippen MR) is 53.9 cm³/mol. The van der Waals surface area contributed by atoms with Crippen LogP contribution in [0.25, 0.3) is 0 Å². The number of halogens is 1. The summed E-state index contributed by atoms with van der Waals surface area (Å²) < 4.78 is 18.0. The maximum absolute atomic E-state index is 13.3. The standard InChI is InChI=1S/C11H11FO4/c1-2-4-9(13)16-10-7(11(14)15)5-3-6-8(10)12/h3,5-6H,2,4H2,1H3,(H,14,15). The van der Waals surface area contributed by atoms with Gasteiger partial charge in [0.05, 0.1) is 0 Å². The summed E-state index contributed by atoms with van der Waals surface area (Å²) in [5.41, 5.74) is -0.357. The Morgan fingerprint density at radius 3 is 2.69 bits per heavy atom. The molecule has 0 saturated heterocycles. The van der Waals surface area contributed by atoms with E-state index in [1.54, 1.807) is 6.92 Å². The van der Waals surface area contributed by atoms with E-state index < -0.39 is 23.5 Å². The zero-order valence-corrected chi connectivity index (χ0v) is 8.70. The van der Waals surface area contributed by atoms with E-state index >= 15 is 0 Å². The lowest BCUT2D eigenvalue weighted by Crippen LogP contribution is -2.12. The Hall–Kier alpha value is -1.91. The number of carbonyl (C=O) groups is 2. The third-order valence-corrected chi connectivity index (χ3v) is 1.87. The molecule has 1 N–H and O–H groups in total. The Bertz CT molecular complexity index is 414. The Morgan fingerprint density at radius 2 is 2.12 bits per heavy atom. The fourth-order valence-corrected chi connectivity index (χ4v) is 1.15. The van der Waals surface area contributed by atoms with Gasteiger partial charge in [-0.2, -0.15) is 0 Å². The summed E-state index contributed by atoms with van der Waals surface area (Å²) in [6.07, 6.45) is 0.670. The van der Waals surface area contributed by atoms with Gasteiger partial charge >= 0.3 is 11.9 Å². The normalized spacial score (nSPS) is 9.88. The van der Waals surface area contributed by atoms with Crippen LogP contribution in [-0.4, -0.2) is 17.0 Å². The molecule has 0 unspecified atom stereocenters. The van der Waals surface area contributed by atoms with Crippen LogP contribution in [0.3, 0.4) is 0 Å². The summed E-state index contributed by atoms with van der Waals surface area (Å²) in [6, 6.07) is 3.47. The molecule has 0 amide bonds. The van der Waals surface area contributed by atoms with Crippen LogP contribution in [0.2, 0.25) is 0 Å². The average molecular weight is 226 g/mol. The van der Waals surface area contributed by atoms with E-state index in [-0.39, 0.29) is 12.0 Å². The first kappa shape index (κ1) is 12.2. The minimum atomic E-state index is -1.33. The third-order valence-electron chi connectivity index (χ3n) is 1.87. The van der Waals surface area contributed by atoms with Gasteiger partial charge in [-0.25, -0.2) is 9.18 Å². The van der Waals surface area contributed by atoms with Crippen LogP contribution >= 0.6 is 0 Å². The first-order chi connectivity index (χ1) is 7.56. The molecule has 0 aliphatic heterocycles. The summed E-state index contributed by atoms with van der Waals surface area (Å²) in [5.74, 6) is -3.35. The SMILES string of the molecule is CCCC(=O)Oc1c(F)cccc1C(=O)O.